The molecule has 2 atom stereocenters. The van der Waals surface area contributed by atoms with Crippen molar-refractivity contribution >= 4 is 5.91 Å². The molecule has 0 aromatic rings. The van der Waals surface area contributed by atoms with Crippen LogP contribution in [0.5, 0.6) is 0 Å². The van der Waals surface area contributed by atoms with E-state index in [0.29, 0.717) is 6.42 Å². The highest BCUT2D eigenvalue weighted by Gasteiger charge is 2.18. The summed E-state index contributed by atoms with van der Waals surface area (Å²) in [4.78, 5) is 12.5. The van der Waals surface area contributed by atoms with E-state index in [1.807, 2.05) is 6.08 Å². The molecule has 0 bridgehead atoms. The lowest BCUT2D eigenvalue weighted by Gasteiger charge is -2.19. The van der Waals surface area contributed by atoms with E-state index in [0.717, 1.165) is 70.6 Å². The molecule has 0 aromatic heterocycles. The maximum absolute atomic E-state index is 12.5. The number of nitrogens with one attached hydrogen (secondary N) is 1. The summed E-state index contributed by atoms with van der Waals surface area (Å²) < 4.78 is 0. The van der Waals surface area contributed by atoms with Crippen molar-refractivity contribution in [1.82, 2.24) is 5.32 Å². The Hall–Kier alpha value is -2.69. The van der Waals surface area contributed by atoms with E-state index in [2.05, 4.69) is 104 Å². The van der Waals surface area contributed by atoms with E-state index in [4.69, 9.17) is 0 Å². The maximum atomic E-state index is 12.5. The fraction of sp³-hybridized carbons (Fsp3) is 0.730. The molecule has 0 saturated heterocycles. The summed E-state index contributed by atoms with van der Waals surface area (Å²) in [5, 5.41) is 23.2. The van der Waals surface area contributed by atoms with Crippen molar-refractivity contribution in [3.63, 3.8) is 0 Å². The minimum atomic E-state index is -0.868. The van der Waals surface area contributed by atoms with Gasteiger partial charge in [-0.1, -0.05) is 284 Å². The second-order valence-electron chi connectivity index (χ2n) is 19.3. The van der Waals surface area contributed by atoms with Crippen molar-refractivity contribution in [2.75, 3.05) is 6.61 Å². The first-order chi connectivity index (χ1) is 33.2. The van der Waals surface area contributed by atoms with Gasteiger partial charge in [-0.25, -0.2) is 0 Å². The van der Waals surface area contributed by atoms with Gasteiger partial charge in [-0.2, -0.15) is 0 Å². The summed E-state index contributed by atoms with van der Waals surface area (Å²) in [6, 6.07) is -0.645. The smallest absolute Gasteiger partial charge is 0.220 e. The summed E-state index contributed by atoms with van der Waals surface area (Å²) in [6.07, 6.45) is 85.7. The molecule has 2 unspecified atom stereocenters. The third-order valence-corrected chi connectivity index (χ3v) is 12.8. The van der Waals surface area contributed by atoms with Gasteiger partial charge in [0.1, 0.15) is 0 Å². The monoisotopic (exact) mass is 930 g/mol. The predicted octanol–water partition coefficient (Wildman–Crippen LogP) is 19.3. The standard InChI is InChI=1S/C63H111NO3/c1-3-5-7-9-11-13-15-17-19-21-23-25-27-28-29-30-31-32-33-34-35-36-37-39-41-43-45-47-49-51-53-55-57-59-63(67)64-61(60-65)62(66)58-56-54-52-50-48-46-44-42-40-38-26-24-22-20-18-16-14-12-10-8-6-4-2/h5,7,11,13,17,19,23,25,28-29,31-32,48,50,56,58,61-62,65-66H,3-4,6,8-10,12,14-16,18,20-22,24,26-27,30,33-47,49,51-55,57,59-60H2,1-2H3,(H,64,67)/b7-5-,13-11-,19-17-,25-23-,29-28-,32-31-,50-48+,58-56+. The second kappa shape index (κ2) is 57.6. The molecule has 0 spiro atoms. The van der Waals surface area contributed by atoms with E-state index < -0.39 is 12.1 Å². The van der Waals surface area contributed by atoms with Crippen LogP contribution in [-0.2, 0) is 4.79 Å². The lowest BCUT2D eigenvalue weighted by Crippen LogP contribution is -2.45. The van der Waals surface area contributed by atoms with Crippen LogP contribution < -0.4 is 5.32 Å². The molecule has 0 rings (SSSR count). The molecule has 0 saturated carbocycles. The van der Waals surface area contributed by atoms with Crippen LogP contribution in [0.25, 0.3) is 0 Å². The van der Waals surface area contributed by atoms with Crippen LogP contribution in [0.15, 0.2) is 97.2 Å². The normalized spacial score (nSPS) is 13.6. The topological polar surface area (TPSA) is 69.6 Å². The number of hydrogen-bond donors (Lipinski definition) is 3. The van der Waals surface area contributed by atoms with Crippen LogP contribution in [0.4, 0.5) is 0 Å². The van der Waals surface area contributed by atoms with Crippen LogP contribution in [0.2, 0.25) is 0 Å². The molecule has 0 aliphatic heterocycles. The van der Waals surface area contributed by atoms with Gasteiger partial charge >= 0.3 is 0 Å². The minimum absolute atomic E-state index is 0.0756. The number of aliphatic hydroxyl groups excluding tert-OH is 2. The van der Waals surface area contributed by atoms with E-state index in [-0.39, 0.29) is 12.5 Å². The zero-order valence-corrected chi connectivity index (χ0v) is 44.4. The third-order valence-electron chi connectivity index (χ3n) is 12.8. The van der Waals surface area contributed by atoms with Crippen molar-refractivity contribution in [2.45, 2.75) is 289 Å². The first kappa shape index (κ1) is 64.3. The van der Waals surface area contributed by atoms with E-state index in [9.17, 15) is 15.0 Å². The van der Waals surface area contributed by atoms with Crippen LogP contribution >= 0.6 is 0 Å². The molecular formula is C63H111NO3. The summed E-state index contributed by atoms with van der Waals surface area (Å²) in [5.41, 5.74) is 0. The number of rotatable bonds is 52. The van der Waals surface area contributed by atoms with Gasteiger partial charge in [-0.15, -0.1) is 0 Å². The van der Waals surface area contributed by atoms with Gasteiger partial charge in [-0.05, 0) is 83.5 Å². The van der Waals surface area contributed by atoms with Crippen LogP contribution in [-0.4, -0.2) is 34.9 Å². The van der Waals surface area contributed by atoms with Crippen LogP contribution in [0.1, 0.15) is 277 Å². The van der Waals surface area contributed by atoms with Gasteiger partial charge in [0, 0.05) is 6.42 Å². The average molecular weight is 931 g/mol. The molecule has 0 fully saturated rings. The lowest BCUT2D eigenvalue weighted by atomic mass is 10.0. The Balaban J connectivity index is 3.56. The summed E-state index contributed by atoms with van der Waals surface area (Å²) in [5.74, 6) is -0.0756. The molecule has 0 aliphatic carbocycles. The Kier molecular flexibility index (Phi) is 55.3. The van der Waals surface area contributed by atoms with E-state index in [1.54, 1.807) is 6.08 Å². The molecule has 67 heavy (non-hydrogen) atoms. The molecule has 0 radical (unpaired) electrons. The highest BCUT2D eigenvalue weighted by molar-refractivity contribution is 5.76. The number of allylic oxidation sites excluding steroid dienone is 15. The largest absolute Gasteiger partial charge is 0.394 e. The fourth-order valence-electron chi connectivity index (χ4n) is 8.43. The van der Waals surface area contributed by atoms with Crippen molar-refractivity contribution in [3.05, 3.63) is 97.2 Å². The quantitative estimate of drug-likeness (QED) is 0.0420. The lowest BCUT2D eigenvalue weighted by molar-refractivity contribution is -0.123. The van der Waals surface area contributed by atoms with E-state index in [1.165, 1.54) is 186 Å². The molecule has 0 aromatic carbocycles. The van der Waals surface area contributed by atoms with Crippen LogP contribution in [0, 0.1) is 0 Å². The summed E-state index contributed by atoms with van der Waals surface area (Å²) >= 11 is 0. The van der Waals surface area contributed by atoms with Gasteiger partial charge < -0.3 is 15.5 Å². The van der Waals surface area contributed by atoms with Crippen molar-refractivity contribution < 1.29 is 15.0 Å². The Morgan fingerprint density at radius 1 is 0.373 bits per heavy atom. The summed E-state index contributed by atoms with van der Waals surface area (Å²) in [6.45, 7) is 4.20. The highest BCUT2D eigenvalue weighted by atomic mass is 16.3. The number of hydrogen-bond acceptors (Lipinski definition) is 3. The average Bonchev–Trinajstić information content (AvgIpc) is 3.33. The maximum Gasteiger partial charge on any atom is 0.220 e. The highest BCUT2D eigenvalue weighted by Crippen LogP contribution is 2.16. The Labute approximate surface area is 417 Å². The van der Waals surface area contributed by atoms with Gasteiger partial charge in [0.15, 0.2) is 0 Å². The number of carbonyl (C=O) groups is 1. The summed E-state index contributed by atoms with van der Waals surface area (Å²) in [7, 11) is 0. The molecule has 1 amide bonds. The molecule has 4 heteroatoms. The Morgan fingerprint density at radius 2 is 0.672 bits per heavy atom. The van der Waals surface area contributed by atoms with Gasteiger partial charge in [-0.3, -0.25) is 4.79 Å². The predicted molar refractivity (Wildman–Crippen MR) is 299 cm³/mol. The van der Waals surface area contributed by atoms with Crippen molar-refractivity contribution in [2.24, 2.45) is 0 Å². The first-order valence-corrected chi connectivity index (χ1v) is 29.0. The fourth-order valence-corrected chi connectivity index (χ4v) is 8.43. The minimum Gasteiger partial charge on any atom is -0.394 e. The molecule has 0 heterocycles. The molecule has 386 valence electrons. The Morgan fingerprint density at radius 3 is 1.04 bits per heavy atom. The zero-order valence-electron chi connectivity index (χ0n) is 44.4. The number of unbranched alkanes of at least 4 members (excludes halogenated alkanes) is 31. The van der Waals surface area contributed by atoms with Gasteiger partial charge in [0.05, 0.1) is 18.8 Å². The molecule has 4 nitrogen and oxygen atoms in total. The SMILES string of the molecule is CC/C=C\C/C=C\C/C=C\C/C=C\C/C=C\C/C=C\CCCCCCCCCCCCCCCCC(=O)NC(CO)C(O)/C=C/CC/C=C/CCCCCCCCCCCCCCCCCC. The van der Waals surface area contributed by atoms with Crippen molar-refractivity contribution in [1.29, 1.82) is 0 Å². The number of aliphatic hydroxyl groups is 2. The van der Waals surface area contributed by atoms with E-state index >= 15 is 0 Å². The second-order valence-corrected chi connectivity index (χ2v) is 19.3. The Bertz CT molecular complexity index is 1240. The van der Waals surface area contributed by atoms with Crippen molar-refractivity contribution in [3.8, 4) is 0 Å². The van der Waals surface area contributed by atoms with Crippen LogP contribution in [0.3, 0.4) is 0 Å². The number of amides is 1. The first-order valence-electron chi connectivity index (χ1n) is 29.0. The molecular weight excluding hydrogens is 819 g/mol. The van der Waals surface area contributed by atoms with Gasteiger partial charge in [0.2, 0.25) is 5.91 Å². The zero-order chi connectivity index (χ0) is 48.5. The molecule has 0 aliphatic rings. The van der Waals surface area contributed by atoms with Gasteiger partial charge in [0.25, 0.3) is 0 Å². The number of carbonyl (C=O) groups excluding carboxylic acids is 1. The third kappa shape index (κ3) is 54.1. The molecule has 3 N–H and O–H groups in total.